The monoisotopic (exact) mass is 365 g/mol. The lowest BCUT2D eigenvalue weighted by atomic mass is 10.2. The zero-order chi connectivity index (χ0) is 17.8. The van der Waals surface area contributed by atoms with Gasteiger partial charge in [-0.2, -0.15) is 0 Å². The van der Waals surface area contributed by atoms with Crippen LogP contribution in [0.3, 0.4) is 0 Å². The highest BCUT2D eigenvalue weighted by Crippen LogP contribution is 2.26. The number of para-hydroxylation sites is 1. The van der Waals surface area contributed by atoms with Crippen molar-refractivity contribution in [1.82, 2.24) is 9.97 Å². The SMILES string of the molecule is Clc1ccccc1Nc1cc(Nc2ccc(N3CCCC3)cc2)ncn1. The molecular weight excluding hydrogens is 346 g/mol. The van der Waals surface area contributed by atoms with Gasteiger partial charge in [-0.15, -0.1) is 0 Å². The van der Waals surface area contributed by atoms with Gasteiger partial charge in [0.15, 0.2) is 0 Å². The van der Waals surface area contributed by atoms with Crippen molar-refractivity contribution in [3.63, 3.8) is 0 Å². The second-order valence-corrected chi connectivity index (χ2v) is 6.67. The van der Waals surface area contributed by atoms with Gasteiger partial charge in [-0.25, -0.2) is 9.97 Å². The van der Waals surface area contributed by atoms with Gasteiger partial charge in [0.05, 0.1) is 10.7 Å². The summed E-state index contributed by atoms with van der Waals surface area (Å²) in [5, 5.41) is 7.19. The first-order chi connectivity index (χ1) is 12.8. The fraction of sp³-hybridized carbons (Fsp3) is 0.200. The van der Waals surface area contributed by atoms with Crippen molar-refractivity contribution < 1.29 is 0 Å². The second kappa shape index (κ2) is 7.62. The zero-order valence-corrected chi connectivity index (χ0v) is 15.1. The minimum atomic E-state index is 0.651. The number of nitrogens with zero attached hydrogens (tertiary/aromatic N) is 3. The van der Waals surface area contributed by atoms with E-state index in [0.717, 1.165) is 30.3 Å². The highest BCUT2D eigenvalue weighted by molar-refractivity contribution is 6.33. The third kappa shape index (κ3) is 3.89. The molecule has 0 atom stereocenters. The summed E-state index contributed by atoms with van der Waals surface area (Å²) in [4.78, 5) is 11.0. The Balaban J connectivity index is 1.46. The largest absolute Gasteiger partial charge is 0.372 e. The third-order valence-corrected chi connectivity index (χ3v) is 4.74. The molecule has 0 radical (unpaired) electrons. The van der Waals surface area contributed by atoms with E-state index in [2.05, 4.69) is 49.8 Å². The molecule has 4 rings (SSSR count). The van der Waals surface area contributed by atoms with Crippen molar-refractivity contribution in [2.75, 3.05) is 28.6 Å². The molecule has 0 bridgehead atoms. The molecule has 0 saturated carbocycles. The summed E-state index contributed by atoms with van der Waals surface area (Å²) in [5.74, 6) is 1.41. The van der Waals surface area contributed by atoms with E-state index >= 15 is 0 Å². The quantitative estimate of drug-likeness (QED) is 0.649. The van der Waals surface area contributed by atoms with Crippen LogP contribution in [0.4, 0.5) is 28.7 Å². The average Bonchev–Trinajstić information content (AvgIpc) is 3.19. The fourth-order valence-electron chi connectivity index (χ4n) is 3.07. The molecule has 1 aliphatic rings. The normalized spacial score (nSPS) is 13.7. The van der Waals surface area contributed by atoms with Crippen LogP contribution in [0.5, 0.6) is 0 Å². The highest BCUT2D eigenvalue weighted by atomic mass is 35.5. The first-order valence-electron chi connectivity index (χ1n) is 8.73. The number of anilines is 5. The van der Waals surface area contributed by atoms with E-state index in [4.69, 9.17) is 11.6 Å². The van der Waals surface area contributed by atoms with Crippen molar-refractivity contribution in [3.05, 3.63) is 65.9 Å². The maximum Gasteiger partial charge on any atom is 0.135 e. The lowest BCUT2D eigenvalue weighted by Gasteiger charge is -2.18. The number of aromatic nitrogens is 2. The van der Waals surface area contributed by atoms with Gasteiger partial charge in [0.25, 0.3) is 0 Å². The van der Waals surface area contributed by atoms with Crippen molar-refractivity contribution in [2.45, 2.75) is 12.8 Å². The molecule has 6 heteroatoms. The van der Waals surface area contributed by atoms with E-state index in [0.29, 0.717) is 10.8 Å². The van der Waals surface area contributed by atoms with E-state index in [1.165, 1.54) is 24.9 Å². The predicted molar refractivity (Wildman–Crippen MR) is 108 cm³/mol. The Labute approximate surface area is 158 Å². The van der Waals surface area contributed by atoms with E-state index < -0.39 is 0 Å². The topological polar surface area (TPSA) is 53.1 Å². The summed E-state index contributed by atoms with van der Waals surface area (Å²) in [5.41, 5.74) is 3.08. The molecule has 0 amide bonds. The van der Waals surface area contributed by atoms with Crippen LogP contribution >= 0.6 is 11.6 Å². The van der Waals surface area contributed by atoms with Crippen molar-refractivity contribution >= 4 is 40.3 Å². The summed E-state index contributed by atoms with van der Waals surface area (Å²) in [6.07, 6.45) is 4.09. The summed E-state index contributed by atoms with van der Waals surface area (Å²) in [6.45, 7) is 2.30. The lowest BCUT2D eigenvalue weighted by molar-refractivity contribution is 0.949. The van der Waals surface area contributed by atoms with Crippen LogP contribution in [-0.4, -0.2) is 23.1 Å². The zero-order valence-electron chi connectivity index (χ0n) is 14.3. The fourth-order valence-corrected chi connectivity index (χ4v) is 3.26. The van der Waals surface area contributed by atoms with Crippen LogP contribution in [0, 0.1) is 0 Å². The summed E-state index contributed by atoms with van der Waals surface area (Å²) in [6, 6.07) is 17.9. The number of hydrogen-bond donors (Lipinski definition) is 2. The van der Waals surface area contributed by atoms with Crippen LogP contribution in [0.2, 0.25) is 5.02 Å². The van der Waals surface area contributed by atoms with Crippen molar-refractivity contribution in [2.24, 2.45) is 0 Å². The first-order valence-corrected chi connectivity index (χ1v) is 9.11. The summed E-state index contributed by atoms with van der Waals surface area (Å²) < 4.78 is 0. The molecule has 1 aliphatic heterocycles. The van der Waals surface area contributed by atoms with Crippen LogP contribution in [0.25, 0.3) is 0 Å². The minimum Gasteiger partial charge on any atom is -0.372 e. The maximum absolute atomic E-state index is 6.19. The Morgan fingerprint density at radius 2 is 1.54 bits per heavy atom. The molecule has 2 aromatic carbocycles. The Kier molecular flexibility index (Phi) is 4.88. The maximum atomic E-state index is 6.19. The number of halogens is 1. The van der Waals surface area contributed by atoms with Crippen LogP contribution in [-0.2, 0) is 0 Å². The van der Waals surface area contributed by atoms with E-state index in [-0.39, 0.29) is 0 Å². The third-order valence-electron chi connectivity index (χ3n) is 4.41. The highest BCUT2D eigenvalue weighted by Gasteiger charge is 2.11. The first kappa shape index (κ1) is 16.7. The average molecular weight is 366 g/mol. The number of nitrogens with one attached hydrogen (secondary N) is 2. The van der Waals surface area contributed by atoms with Gasteiger partial charge in [0, 0.05) is 30.5 Å². The molecule has 0 unspecified atom stereocenters. The predicted octanol–water partition coefficient (Wildman–Crippen LogP) is 5.22. The van der Waals surface area contributed by atoms with Crippen LogP contribution in [0.1, 0.15) is 12.8 Å². The molecule has 26 heavy (non-hydrogen) atoms. The van der Waals surface area contributed by atoms with Gasteiger partial charge in [-0.05, 0) is 49.2 Å². The molecule has 5 nitrogen and oxygen atoms in total. The number of benzene rings is 2. The lowest BCUT2D eigenvalue weighted by Crippen LogP contribution is -2.17. The molecule has 3 aromatic rings. The molecule has 1 fully saturated rings. The number of rotatable bonds is 5. The van der Waals surface area contributed by atoms with Gasteiger partial charge in [0.1, 0.15) is 18.0 Å². The second-order valence-electron chi connectivity index (χ2n) is 6.26. The summed E-state index contributed by atoms with van der Waals surface area (Å²) >= 11 is 6.19. The van der Waals surface area contributed by atoms with Crippen molar-refractivity contribution in [1.29, 1.82) is 0 Å². The molecule has 0 spiro atoms. The Bertz CT molecular complexity index is 875. The minimum absolute atomic E-state index is 0.651. The molecule has 0 aliphatic carbocycles. The number of hydrogen-bond acceptors (Lipinski definition) is 5. The van der Waals surface area contributed by atoms with Gasteiger partial charge in [0.2, 0.25) is 0 Å². The van der Waals surface area contributed by atoms with Crippen molar-refractivity contribution in [3.8, 4) is 0 Å². The van der Waals surface area contributed by atoms with E-state index in [1.807, 2.05) is 30.3 Å². The van der Waals surface area contributed by atoms with Gasteiger partial charge in [-0.3, -0.25) is 0 Å². The van der Waals surface area contributed by atoms with Crippen LogP contribution < -0.4 is 15.5 Å². The molecule has 2 heterocycles. The smallest absolute Gasteiger partial charge is 0.135 e. The molecule has 1 saturated heterocycles. The standard InChI is InChI=1S/C20H20ClN5/c21-17-5-1-2-6-18(17)25-20-13-19(22-14-23-20)24-15-7-9-16(10-8-15)26-11-3-4-12-26/h1-2,5-10,13-14H,3-4,11-12H2,(H2,22,23,24,25). The molecule has 132 valence electrons. The Hall–Kier alpha value is -2.79. The van der Waals surface area contributed by atoms with Gasteiger partial charge in [-0.1, -0.05) is 23.7 Å². The molecule has 1 aromatic heterocycles. The van der Waals surface area contributed by atoms with E-state index in [9.17, 15) is 0 Å². The Morgan fingerprint density at radius 3 is 2.27 bits per heavy atom. The van der Waals surface area contributed by atoms with Gasteiger partial charge >= 0.3 is 0 Å². The molecular formula is C20H20ClN5. The Morgan fingerprint density at radius 1 is 0.846 bits per heavy atom. The molecule has 2 N–H and O–H groups in total. The summed E-state index contributed by atoms with van der Waals surface area (Å²) in [7, 11) is 0. The van der Waals surface area contributed by atoms with Gasteiger partial charge < -0.3 is 15.5 Å². The van der Waals surface area contributed by atoms with Crippen LogP contribution in [0.15, 0.2) is 60.9 Å². The van der Waals surface area contributed by atoms with E-state index in [1.54, 1.807) is 0 Å².